The lowest BCUT2D eigenvalue weighted by Crippen LogP contribution is -2.26. The van der Waals surface area contributed by atoms with Gasteiger partial charge in [-0.05, 0) is 0 Å². The van der Waals surface area contributed by atoms with E-state index in [0.29, 0.717) is 0 Å². The summed E-state index contributed by atoms with van der Waals surface area (Å²) in [4.78, 5) is 21.2. The molecule has 1 unspecified atom stereocenters. The fourth-order valence-corrected chi connectivity index (χ4v) is 0.901. The molecule has 0 heterocycles. The summed E-state index contributed by atoms with van der Waals surface area (Å²) in [7, 11) is -1.13. The van der Waals surface area contributed by atoms with Crippen molar-refractivity contribution in [2.45, 2.75) is 6.92 Å². The molecule has 1 N–H and O–H groups in total. The summed E-state index contributed by atoms with van der Waals surface area (Å²) >= 11 is 0. The number of amides is 1. The van der Waals surface area contributed by atoms with Crippen LogP contribution in [0.1, 0.15) is 6.92 Å². The molecule has 6 heteroatoms. The van der Waals surface area contributed by atoms with E-state index >= 15 is 0 Å². The molecule has 0 aromatic carbocycles. The molecular formula is C8H13NO4S. The molecule has 0 bridgehead atoms. The van der Waals surface area contributed by atoms with Crippen molar-refractivity contribution in [3.05, 3.63) is 11.5 Å². The summed E-state index contributed by atoms with van der Waals surface area (Å²) in [6.45, 7) is 1.69. The first-order valence-corrected chi connectivity index (χ1v) is 5.56. The average molecular weight is 219 g/mol. The molecule has 0 rings (SSSR count). The van der Waals surface area contributed by atoms with Crippen molar-refractivity contribution in [1.29, 1.82) is 0 Å². The van der Waals surface area contributed by atoms with E-state index in [1.54, 1.807) is 0 Å². The third kappa shape index (κ3) is 8.92. The topological polar surface area (TPSA) is 72.5 Å². The van der Waals surface area contributed by atoms with E-state index < -0.39 is 10.8 Å². The number of carbonyl (C=O) groups excluding carboxylic acids is 2. The number of hydrogen-bond acceptors (Lipinski definition) is 4. The minimum absolute atomic E-state index is 0.143. The number of hydrogen-bond donors (Lipinski definition) is 1. The van der Waals surface area contributed by atoms with Crippen LogP contribution < -0.4 is 5.32 Å². The summed E-state index contributed by atoms with van der Waals surface area (Å²) in [6, 6.07) is 0. The maximum absolute atomic E-state index is 10.9. The zero-order valence-electron chi connectivity index (χ0n) is 8.11. The van der Waals surface area contributed by atoms with Crippen LogP contribution in [0.25, 0.3) is 0 Å². The van der Waals surface area contributed by atoms with Crippen molar-refractivity contribution < 1.29 is 18.5 Å². The Morgan fingerprint density at radius 2 is 2.14 bits per heavy atom. The van der Waals surface area contributed by atoms with Gasteiger partial charge in [-0.3, -0.25) is 13.8 Å². The van der Waals surface area contributed by atoms with E-state index in [-0.39, 0.29) is 25.0 Å². The first-order valence-electron chi connectivity index (χ1n) is 3.94. The van der Waals surface area contributed by atoms with Gasteiger partial charge in [0.1, 0.15) is 6.61 Å². The Labute approximate surface area is 85.0 Å². The molecule has 1 atom stereocenters. The maximum Gasteiger partial charge on any atom is 0.302 e. The van der Waals surface area contributed by atoms with E-state index in [9.17, 15) is 13.8 Å². The lowest BCUT2D eigenvalue weighted by Gasteiger charge is -2.01. The molecule has 0 fully saturated rings. The summed E-state index contributed by atoms with van der Waals surface area (Å²) in [5.74, 6) is -0.739. The first kappa shape index (κ1) is 12.8. The predicted octanol–water partition coefficient (Wildman–Crippen LogP) is -0.442. The van der Waals surface area contributed by atoms with Gasteiger partial charge >= 0.3 is 5.97 Å². The summed E-state index contributed by atoms with van der Waals surface area (Å²) in [5, 5.41) is 3.73. The average Bonchev–Trinajstić information content (AvgIpc) is 2.08. The highest BCUT2D eigenvalue weighted by atomic mass is 32.2. The van der Waals surface area contributed by atoms with Gasteiger partial charge in [0.25, 0.3) is 0 Å². The van der Waals surface area contributed by atoms with Gasteiger partial charge in [0.15, 0.2) is 0 Å². The molecule has 0 aliphatic heterocycles. The molecule has 0 saturated carbocycles. The Hall–Kier alpha value is -1.17. The van der Waals surface area contributed by atoms with Crippen molar-refractivity contribution in [3.63, 3.8) is 0 Å². The van der Waals surface area contributed by atoms with E-state index in [2.05, 4.69) is 10.1 Å². The molecule has 5 nitrogen and oxygen atoms in total. The lowest BCUT2D eigenvalue weighted by atomic mass is 10.5. The van der Waals surface area contributed by atoms with Crippen LogP contribution in [0, 0.1) is 0 Å². The van der Waals surface area contributed by atoms with Gasteiger partial charge in [-0.1, -0.05) is 0 Å². The second-order valence-electron chi connectivity index (χ2n) is 2.43. The highest BCUT2D eigenvalue weighted by Crippen LogP contribution is 1.79. The predicted molar refractivity (Wildman–Crippen MR) is 52.8 cm³/mol. The van der Waals surface area contributed by atoms with Crippen molar-refractivity contribution in [2.75, 3.05) is 19.4 Å². The Balaban J connectivity index is 3.55. The molecule has 0 aliphatic carbocycles. The normalized spacial score (nSPS) is 12.4. The Kier molecular flexibility index (Phi) is 6.65. The van der Waals surface area contributed by atoms with Crippen LogP contribution in [-0.4, -0.2) is 35.5 Å². The SMILES string of the molecule is CC(=O)OCCNC(=O)/C=C/S(C)=O. The second-order valence-corrected chi connectivity index (χ2v) is 3.70. The fourth-order valence-electron chi connectivity index (χ4n) is 0.586. The van der Waals surface area contributed by atoms with Crippen LogP contribution in [0.4, 0.5) is 0 Å². The first-order chi connectivity index (χ1) is 6.52. The van der Waals surface area contributed by atoms with Gasteiger partial charge < -0.3 is 10.1 Å². The van der Waals surface area contributed by atoms with E-state index in [4.69, 9.17) is 0 Å². The van der Waals surface area contributed by atoms with Crippen molar-refractivity contribution in [3.8, 4) is 0 Å². The maximum atomic E-state index is 10.9. The molecular weight excluding hydrogens is 206 g/mol. The van der Waals surface area contributed by atoms with Gasteiger partial charge in [-0.25, -0.2) is 0 Å². The van der Waals surface area contributed by atoms with E-state index in [1.807, 2.05) is 0 Å². The van der Waals surface area contributed by atoms with Gasteiger partial charge in [-0.2, -0.15) is 0 Å². The van der Waals surface area contributed by atoms with Crippen LogP contribution in [-0.2, 0) is 25.1 Å². The molecule has 0 aromatic heterocycles. The molecule has 0 aromatic rings. The van der Waals surface area contributed by atoms with E-state index in [0.717, 1.165) is 0 Å². The number of esters is 1. The standard InChI is InChI=1S/C8H13NO4S/c1-7(10)13-5-4-9-8(11)3-6-14(2)12/h3,6H,4-5H2,1-2H3,(H,9,11)/b6-3+. The van der Waals surface area contributed by atoms with Gasteiger partial charge in [-0.15, -0.1) is 0 Å². The van der Waals surface area contributed by atoms with Gasteiger partial charge in [0, 0.05) is 35.5 Å². The van der Waals surface area contributed by atoms with E-state index in [1.165, 1.54) is 24.7 Å². The van der Waals surface area contributed by atoms with Crippen molar-refractivity contribution in [2.24, 2.45) is 0 Å². The molecule has 14 heavy (non-hydrogen) atoms. The zero-order valence-corrected chi connectivity index (χ0v) is 8.93. The second kappa shape index (κ2) is 7.25. The smallest absolute Gasteiger partial charge is 0.302 e. The van der Waals surface area contributed by atoms with Gasteiger partial charge in [0.2, 0.25) is 5.91 Å². The molecule has 80 valence electrons. The molecule has 0 radical (unpaired) electrons. The number of nitrogens with one attached hydrogen (secondary N) is 1. The van der Waals surface area contributed by atoms with Crippen LogP contribution in [0.15, 0.2) is 11.5 Å². The van der Waals surface area contributed by atoms with Gasteiger partial charge in [0.05, 0.1) is 6.54 Å². The van der Waals surface area contributed by atoms with Crippen LogP contribution >= 0.6 is 0 Å². The fraction of sp³-hybridized carbons (Fsp3) is 0.500. The third-order valence-corrected chi connectivity index (χ3v) is 1.64. The third-order valence-electron chi connectivity index (χ3n) is 1.12. The summed E-state index contributed by atoms with van der Waals surface area (Å²) < 4.78 is 15.1. The highest BCUT2D eigenvalue weighted by molar-refractivity contribution is 7.87. The van der Waals surface area contributed by atoms with Crippen molar-refractivity contribution >= 4 is 22.7 Å². The number of ether oxygens (including phenoxy) is 1. The molecule has 0 aliphatic rings. The monoisotopic (exact) mass is 219 g/mol. The summed E-state index contributed by atoms with van der Waals surface area (Å²) in [5.41, 5.74) is 0. The summed E-state index contributed by atoms with van der Waals surface area (Å²) in [6.07, 6.45) is 2.65. The minimum Gasteiger partial charge on any atom is -0.464 e. The minimum atomic E-state index is -1.13. The quantitative estimate of drug-likeness (QED) is 0.386. The molecule has 1 amide bonds. The van der Waals surface area contributed by atoms with Crippen LogP contribution in [0.5, 0.6) is 0 Å². The largest absolute Gasteiger partial charge is 0.464 e. The van der Waals surface area contributed by atoms with Crippen molar-refractivity contribution in [1.82, 2.24) is 5.32 Å². The lowest BCUT2D eigenvalue weighted by molar-refractivity contribution is -0.141. The highest BCUT2D eigenvalue weighted by Gasteiger charge is 1.96. The zero-order chi connectivity index (χ0) is 11.0. The van der Waals surface area contributed by atoms with Crippen LogP contribution in [0.2, 0.25) is 0 Å². The molecule has 0 spiro atoms. The Bertz CT molecular complexity index is 262. The number of rotatable bonds is 5. The Morgan fingerprint density at radius 1 is 1.50 bits per heavy atom. The van der Waals surface area contributed by atoms with Crippen LogP contribution in [0.3, 0.4) is 0 Å². The molecule has 0 saturated heterocycles. The Morgan fingerprint density at radius 3 is 2.64 bits per heavy atom. The number of carbonyl (C=O) groups is 2.